The van der Waals surface area contributed by atoms with Gasteiger partial charge in [0, 0.05) is 5.25 Å². The van der Waals surface area contributed by atoms with Crippen molar-refractivity contribution in [2.24, 2.45) is 10.4 Å². The third-order valence-corrected chi connectivity index (χ3v) is 4.01. The number of thioether (sulfide) groups is 1. The number of para-hydroxylation sites is 2. The van der Waals surface area contributed by atoms with Crippen molar-refractivity contribution in [2.75, 3.05) is 19.0 Å². The number of amidine groups is 1. The number of methoxy groups -OCH3 is 1. The molecular formula is C15H22N2OS. The van der Waals surface area contributed by atoms with E-state index < -0.39 is 0 Å². The SMILES string of the molecule is COc1ccccc1NC1=NCC(CC(C)(C)C)S1. The summed E-state index contributed by atoms with van der Waals surface area (Å²) in [6, 6.07) is 7.93. The van der Waals surface area contributed by atoms with Gasteiger partial charge in [-0.3, -0.25) is 4.99 Å². The topological polar surface area (TPSA) is 33.6 Å². The molecule has 1 atom stereocenters. The Bertz CT molecular complexity index is 465. The highest BCUT2D eigenvalue weighted by molar-refractivity contribution is 8.15. The molecule has 0 amide bonds. The Morgan fingerprint density at radius 1 is 1.37 bits per heavy atom. The molecule has 1 unspecified atom stereocenters. The Labute approximate surface area is 119 Å². The number of nitrogens with one attached hydrogen (secondary N) is 1. The first kappa shape index (κ1) is 14.3. The fourth-order valence-electron chi connectivity index (χ4n) is 2.14. The highest BCUT2D eigenvalue weighted by Crippen LogP contribution is 2.33. The Balaban J connectivity index is 1.95. The van der Waals surface area contributed by atoms with Crippen LogP contribution in [0.25, 0.3) is 0 Å². The van der Waals surface area contributed by atoms with Gasteiger partial charge in [0.25, 0.3) is 0 Å². The van der Waals surface area contributed by atoms with Gasteiger partial charge in [-0.05, 0) is 24.0 Å². The van der Waals surface area contributed by atoms with E-state index in [0.29, 0.717) is 10.7 Å². The van der Waals surface area contributed by atoms with E-state index in [9.17, 15) is 0 Å². The smallest absolute Gasteiger partial charge is 0.161 e. The number of ether oxygens (including phenoxy) is 1. The van der Waals surface area contributed by atoms with Crippen molar-refractivity contribution in [2.45, 2.75) is 32.4 Å². The lowest BCUT2D eigenvalue weighted by Gasteiger charge is -2.21. The normalized spacial score (nSPS) is 19.2. The maximum absolute atomic E-state index is 5.34. The highest BCUT2D eigenvalue weighted by Gasteiger charge is 2.25. The monoisotopic (exact) mass is 278 g/mol. The quantitative estimate of drug-likeness (QED) is 0.907. The first-order valence-electron chi connectivity index (χ1n) is 6.59. The molecule has 0 saturated heterocycles. The molecule has 104 valence electrons. The van der Waals surface area contributed by atoms with Crippen LogP contribution in [-0.4, -0.2) is 24.1 Å². The van der Waals surface area contributed by atoms with Crippen LogP contribution < -0.4 is 10.1 Å². The molecule has 1 aromatic carbocycles. The maximum Gasteiger partial charge on any atom is 0.161 e. The van der Waals surface area contributed by atoms with Crippen LogP contribution in [0.2, 0.25) is 0 Å². The molecule has 0 saturated carbocycles. The van der Waals surface area contributed by atoms with Crippen LogP contribution in [0, 0.1) is 5.41 Å². The molecule has 1 heterocycles. The van der Waals surface area contributed by atoms with Gasteiger partial charge in [-0.1, -0.05) is 44.7 Å². The second-order valence-corrected chi connectivity index (χ2v) is 7.26. The molecule has 0 spiro atoms. The third-order valence-electron chi connectivity index (χ3n) is 2.91. The Hall–Kier alpha value is -1.16. The molecule has 2 rings (SSSR count). The van der Waals surface area contributed by atoms with Gasteiger partial charge < -0.3 is 10.1 Å². The number of benzene rings is 1. The van der Waals surface area contributed by atoms with Gasteiger partial charge in [0.05, 0.1) is 19.3 Å². The van der Waals surface area contributed by atoms with Crippen LogP contribution in [-0.2, 0) is 0 Å². The zero-order valence-electron chi connectivity index (χ0n) is 12.1. The zero-order valence-corrected chi connectivity index (χ0v) is 12.9. The number of rotatable bonds is 3. The predicted octanol–water partition coefficient (Wildman–Crippen LogP) is 4.01. The van der Waals surface area contributed by atoms with Gasteiger partial charge in [-0.2, -0.15) is 0 Å². The Kier molecular flexibility index (Phi) is 4.40. The summed E-state index contributed by atoms with van der Waals surface area (Å²) in [5.74, 6) is 0.852. The maximum atomic E-state index is 5.34. The minimum absolute atomic E-state index is 0.354. The van der Waals surface area contributed by atoms with E-state index in [1.54, 1.807) is 7.11 Å². The minimum atomic E-state index is 0.354. The molecule has 1 aromatic rings. The molecule has 19 heavy (non-hydrogen) atoms. The van der Waals surface area contributed by atoms with Crippen molar-refractivity contribution in [1.82, 2.24) is 0 Å². The van der Waals surface area contributed by atoms with Gasteiger partial charge in [-0.25, -0.2) is 0 Å². The number of hydrogen-bond donors (Lipinski definition) is 1. The first-order chi connectivity index (χ1) is 8.98. The van der Waals surface area contributed by atoms with E-state index in [2.05, 4.69) is 31.1 Å². The first-order valence-corrected chi connectivity index (χ1v) is 7.47. The fraction of sp³-hybridized carbons (Fsp3) is 0.533. The van der Waals surface area contributed by atoms with Crippen LogP contribution in [0.15, 0.2) is 29.3 Å². The van der Waals surface area contributed by atoms with E-state index in [1.165, 1.54) is 6.42 Å². The largest absolute Gasteiger partial charge is 0.495 e. The number of nitrogens with zero attached hydrogens (tertiary/aromatic N) is 1. The minimum Gasteiger partial charge on any atom is -0.495 e. The summed E-state index contributed by atoms with van der Waals surface area (Å²) in [6.45, 7) is 7.73. The van der Waals surface area contributed by atoms with Crippen molar-refractivity contribution in [3.63, 3.8) is 0 Å². The van der Waals surface area contributed by atoms with Gasteiger partial charge in [0.1, 0.15) is 5.75 Å². The molecular weight excluding hydrogens is 256 g/mol. The molecule has 3 nitrogen and oxygen atoms in total. The highest BCUT2D eigenvalue weighted by atomic mass is 32.2. The van der Waals surface area contributed by atoms with Crippen LogP contribution >= 0.6 is 11.8 Å². The van der Waals surface area contributed by atoms with Crippen LogP contribution in [0.5, 0.6) is 5.75 Å². The third kappa shape index (κ3) is 4.16. The standard InChI is InChI=1S/C15H22N2OS/c1-15(2,3)9-11-10-16-14(19-11)17-12-7-5-6-8-13(12)18-4/h5-8,11H,9-10H2,1-4H3,(H,16,17). The molecule has 0 bridgehead atoms. The number of aliphatic imine (C=N–C) groups is 1. The summed E-state index contributed by atoms with van der Waals surface area (Å²) in [4.78, 5) is 4.58. The zero-order chi connectivity index (χ0) is 13.9. The van der Waals surface area contributed by atoms with Gasteiger partial charge in [0.2, 0.25) is 0 Å². The Morgan fingerprint density at radius 3 is 2.79 bits per heavy atom. The van der Waals surface area contributed by atoms with E-state index >= 15 is 0 Å². The van der Waals surface area contributed by atoms with Crippen molar-refractivity contribution in [3.8, 4) is 5.75 Å². The van der Waals surface area contributed by atoms with Gasteiger partial charge in [0.15, 0.2) is 5.17 Å². The van der Waals surface area contributed by atoms with Crippen molar-refractivity contribution >= 4 is 22.6 Å². The molecule has 0 radical (unpaired) electrons. The number of anilines is 1. The van der Waals surface area contributed by atoms with Crippen molar-refractivity contribution in [1.29, 1.82) is 0 Å². The summed E-state index contributed by atoms with van der Waals surface area (Å²) >= 11 is 1.83. The molecule has 0 aliphatic carbocycles. The van der Waals surface area contributed by atoms with E-state index in [1.807, 2.05) is 36.0 Å². The van der Waals surface area contributed by atoms with Crippen LogP contribution in [0.4, 0.5) is 5.69 Å². The average molecular weight is 278 g/mol. The van der Waals surface area contributed by atoms with E-state index in [0.717, 1.165) is 23.1 Å². The summed E-state index contributed by atoms with van der Waals surface area (Å²) < 4.78 is 5.34. The molecule has 1 N–H and O–H groups in total. The Morgan fingerprint density at radius 2 is 2.11 bits per heavy atom. The summed E-state index contributed by atoms with van der Waals surface area (Å²) in [7, 11) is 1.69. The van der Waals surface area contributed by atoms with E-state index in [4.69, 9.17) is 4.74 Å². The van der Waals surface area contributed by atoms with Gasteiger partial charge >= 0.3 is 0 Å². The summed E-state index contributed by atoms with van der Waals surface area (Å²) in [5.41, 5.74) is 1.33. The molecule has 1 aliphatic heterocycles. The molecule has 4 heteroatoms. The van der Waals surface area contributed by atoms with Crippen LogP contribution in [0.1, 0.15) is 27.2 Å². The summed E-state index contributed by atoms with van der Waals surface area (Å²) in [5, 5.41) is 4.94. The van der Waals surface area contributed by atoms with E-state index in [-0.39, 0.29) is 0 Å². The predicted molar refractivity (Wildman–Crippen MR) is 84.4 cm³/mol. The second-order valence-electron chi connectivity index (χ2n) is 5.98. The number of hydrogen-bond acceptors (Lipinski definition) is 4. The molecule has 0 fully saturated rings. The van der Waals surface area contributed by atoms with Crippen molar-refractivity contribution < 1.29 is 4.74 Å². The summed E-state index contributed by atoms with van der Waals surface area (Å²) in [6.07, 6.45) is 1.18. The fourth-order valence-corrected chi connectivity index (χ4v) is 3.50. The lowest BCUT2D eigenvalue weighted by Crippen LogP contribution is -2.16. The molecule has 0 aromatic heterocycles. The van der Waals surface area contributed by atoms with Crippen LogP contribution in [0.3, 0.4) is 0 Å². The second kappa shape index (κ2) is 5.87. The van der Waals surface area contributed by atoms with Gasteiger partial charge in [-0.15, -0.1) is 0 Å². The lowest BCUT2D eigenvalue weighted by molar-refractivity contribution is 0.375. The average Bonchev–Trinajstić information content (AvgIpc) is 2.75. The lowest BCUT2D eigenvalue weighted by atomic mass is 9.90. The molecule has 1 aliphatic rings. The van der Waals surface area contributed by atoms with Crippen molar-refractivity contribution in [3.05, 3.63) is 24.3 Å².